The van der Waals surface area contributed by atoms with Gasteiger partial charge in [-0.05, 0) is 18.9 Å². The largest absolute Gasteiger partial charge is 0.477 e. The first-order chi connectivity index (χ1) is 15.7. The molecule has 1 aromatic rings. The molecule has 2 heterocycles. The Morgan fingerprint density at radius 2 is 1.82 bits per heavy atom. The summed E-state index contributed by atoms with van der Waals surface area (Å²) >= 11 is 0. The van der Waals surface area contributed by atoms with E-state index in [-0.39, 0.29) is 37.0 Å². The van der Waals surface area contributed by atoms with Crippen LogP contribution in [0.3, 0.4) is 0 Å². The average Bonchev–Trinajstić information content (AvgIpc) is 3.09. The van der Waals surface area contributed by atoms with E-state index in [2.05, 4.69) is 0 Å². The number of carboxylic acid groups (broad SMARTS) is 1. The number of hydrogen-bond acceptors (Lipinski definition) is 8. The summed E-state index contributed by atoms with van der Waals surface area (Å²) in [6.07, 6.45) is 1.96. The van der Waals surface area contributed by atoms with E-state index in [1.807, 2.05) is 13.8 Å². The number of hydrogen-bond donors (Lipinski definition) is 1. The van der Waals surface area contributed by atoms with Crippen molar-refractivity contribution in [3.63, 3.8) is 0 Å². The van der Waals surface area contributed by atoms with Crippen molar-refractivity contribution in [3.8, 4) is 0 Å². The number of esters is 3. The molecule has 1 aliphatic heterocycles. The van der Waals surface area contributed by atoms with Gasteiger partial charge in [-0.15, -0.1) is 0 Å². The molecule has 0 aliphatic carbocycles. The fourth-order valence-corrected chi connectivity index (χ4v) is 3.57. The maximum atomic E-state index is 12.1. The Kier molecular flexibility index (Phi) is 9.77. The molecular weight excluding hydrogens is 434 g/mol. The highest BCUT2D eigenvalue weighted by Crippen LogP contribution is 2.33. The molecule has 10 nitrogen and oxygen atoms in total. The Hall–Kier alpha value is -3.01. The minimum Gasteiger partial charge on any atom is -0.477 e. The third-order valence-electron chi connectivity index (χ3n) is 5.52. The van der Waals surface area contributed by atoms with Crippen LogP contribution in [0.15, 0.2) is 24.5 Å². The van der Waals surface area contributed by atoms with E-state index in [9.17, 15) is 24.3 Å². The van der Waals surface area contributed by atoms with E-state index in [1.54, 1.807) is 19.2 Å². The molecule has 0 bridgehead atoms. The van der Waals surface area contributed by atoms with Gasteiger partial charge in [0.15, 0.2) is 18.5 Å². The molecular formula is C23H32NO9+. The van der Waals surface area contributed by atoms with Gasteiger partial charge in [0.2, 0.25) is 0 Å². The highest BCUT2D eigenvalue weighted by atomic mass is 16.6. The van der Waals surface area contributed by atoms with Crippen LogP contribution < -0.4 is 4.57 Å². The molecule has 0 spiro atoms. The third-order valence-corrected chi connectivity index (χ3v) is 5.52. The molecule has 1 N–H and O–H groups in total. The number of aromatic nitrogens is 1. The second kappa shape index (κ2) is 12.3. The van der Waals surface area contributed by atoms with E-state index in [0.29, 0.717) is 12.8 Å². The molecule has 4 atom stereocenters. The van der Waals surface area contributed by atoms with E-state index >= 15 is 0 Å². The quantitative estimate of drug-likeness (QED) is 0.296. The van der Waals surface area contributed by atoms with Crippen LogP contribution in [0.4, 0.5) is 0 Å². The normalized spacial score (nSPS) is 22.1. The number of carbonyl (C=O) groups excluding carboxylic acids is 3. The van der Waals surface area contributed by atoms with Gasteiger partial charge in [-0.2, -0.15) is 4.57 Å². The van der Waals surface area contributed by atoms with Gasteiger partial charge in [0.25, 0.3) is 0 Å². The number of aromatic carboxylic acids is 1. The summed E-state index contributed by atoms with van der Waals surface area (Å²) in [6, 6.07) is 2.99. The van der Waals surface area contributed by atoms with E-state index < -0.39 is 42.3 Å². The van der Waals surface area contributed by atoms with Crippen molar-refractivity contribution in [2.45, 2.75) is 77.9 Å². The van der Waals surface area contributed by atoms with Gasteiger partial charge in [0.1, 0.15) is 24.4 Å². The van der Waals surface area contributed by atoms with E-state index in [0.717, 1.165) is 0 Å². The van der Waals surface area contributed by atoms with Gasteiger partial charge in [0.05, 0.1) is 12.8 Å². The molecule has 0 aromatic carbocycles. The zero-order valence-electron chi connectivity index (χ0n) is 19.4. The lowest BCUT2D eigenvalue weighted by atomic mass is 10.0. The number of carbonyl (C=O) groups is 4. The number of ether oxygens (including phenoxy) is 4. The first-order valence-electron chi connectivity index (χ1n) is 11.1. The molecule has 0 radical (unpaired) electrons. The lowest BCUT2D eigenvalue weighted by molar-refractivity contribution is -0.765. The molecule has 1 fully saturated rings. The van der Waals surface area contributed by atoms with Gasteiger partial charge >= 0.3 is 30.1 Å². The zero-order chi connectivity index (χ0) is 24.5. The first-order valence-corrected chi connectivity index (χ1v) is 11.1. The van der Waals surface area contributed by atoms with Gasteiger partial charge in [-0.1, -0.05) is 20.8 Å². The van der Waals surface area contributed by atoms with Gasteiger partial charge in [-0.25, -0.2) is 4.79 Å². The van der Waals surface area contributed by atoms with Gasteiger partial charge in [0, 0.05) is 18.9 Å². The minimum atomic E-state index is -1.10. The third kappa shape index (κ3) is 7.52. The molecule has 1 aromatic heterocycles. The molecule has 1 saturated heterocycles. The molecule has 0 saturated carbocycles. The Balaban J connectivity index is 1.98. The Morgan fingerprint density at radius 1 is 1.15 bits per heavy atom. The van der Waals surface area contributed by atoms with Gasteiger partial charge < -0.3 is 24.1 Å². The molecule has 10 heteroatoms. The lowest BCUT2D eigenvalue weighted by Crippen LogP contribution is -2.46. The molecule has 182 valence electrons. The summed E-state index contributed by atoms with van der Waals surface area (Å²) in [5, 5.41) is 9.25. The van der Waals surface area contributed by atoms with Crippen LogP contribution in [0, 0.1) is 5.92 Å². The Labute approximate surface area is 192 Å². The van der Waals surface area contributed by atoms with Crippen LogP contribution in [-0.4, -0.2) is 53.9 Å². The number of rotatable bonds is 11. The van der Waals surface area contributed by atoms with Crippen molar-refractivity contribution in [2.75, 3.05) is 6.61 Å². The van der Waals surface area contributed by atoms with Crippen LogP contribution in [0.1, 0.15) is 70.0 Å². The van der Waals surface area contributed by atoms with Crippen LogP contribution in [0.25, 0.3) is 0 Å². The van der Waals surface area contributed by atoms with E-state index in [1.165, 1.54) is 23.8 Å². The van der Waals surface area contributed by atoms with Crippen molar-refractivity contribution in [1.82, 2.24) is 0 Å². The van der Waals surface area contributed by atoms with Crippen molar-refractivity contribution in [1.29, 1.82) is 0 Å². The molecule has 0 amide bonds. The maximum Gasteiger partial charge on any atom is 0.341 e. The summed E-state index contributed by atoms with van der Waals surface area (Å²) in [7, 11) is 0. The minimum absolute atomic E-state index is 0.0467. The fourth-order valence-electron chi connectivity index (χ4n) is 3.57. The smallest absolute Gasteiger partial charge is 0.341 e. The second-order valence-electron chi connectivity index (χ2n) is 7.95. The number of nitrogens with zero attached hydrogens (tertiary/aromatic N) is 1. The van der Waals surface area contributed by atoms with Crippen molar-refractivity contribution in [3.05, 3.63) is 30.1 Å². The highest BCUT2D eigenvalue weighted by molar-refractivity contribution is 5.86. The van der Waals surface area contributed by atoms with Crippen LogP contribution >= 0.6 is 0 Å². The maximum absolute atomic E-state index is 12.1. The van der Waals surface area contributed by atoms with Gasteiger partial charge in [-0.3, -0.25) is 14.4 Å². The highest BCUT2D eigenvalue weighted by Gasteiger charge is 2.50. The van der Waals surface area contributed by atoms with Crippen molar-refractivity contribution >= 4 is 23.9 Å². The van der Waals surface area contributed by atoms with Crippen LogP contribution in [0.5, 0.6) is 0 Å². The van der Waals surface area contributed by atoms with Crippen molar-refractivity contribution < 1.29 is 47.8 Å². The lowest BCUT2D eigenvalue weighted by Gasteiger charge is -2.18. The Bertz CT molecular complexity index is 852. The molecule has 1 unspecified atom stereocenters. The number of carboxylic acids is 1. The SMILES string of the molecule is CCC(CC)OC(=O)CCC(=O)OC[C@H]1O[C@@H]([n+]2cccc(C(=O)O)c2)C(OC(C)=O)[C@@H]1C. The Morgan fingerprint density at radius 3 is 2.42 bits per heavy atom. The second-order valence-corrected chi connectivity index (χ2v) is 7.95. The summed E-state index contributed by atoms with van der Waals surface area (Å²) in [5.41, 5.74) is 0.0467. The first kappa shape index (κ1) is 26.2. The summed E-state index contributed by atoms with van der Waals surface area (Å²) in [4.78, 5) is 46.9. The summed E-state index contributed by atoms with van der Waals surface area (Å²) in [5.74, 6) is -2.97. The van der Waals surface area contributed by atoms with Crippen LogP contribution in [-0.2, 0) is 33.3 Å². The van der Waals surface area contributed by atoms with Crippen molar-refractivity contribution in [2.24, 2.45) is 5.92 Å². The zero-order valence-corrected chi connectivity index (χ0v) is 19.4. The monoisotopic (exact) mass is 466 g/mol. The topological polar surface area (TPSA) is 129 Å². The fraction of sp³-hybridized carbons (Fsp3) is 0.609. The predicted octanol–water partition coefficient (Wildman–Crippen LogP) is 2.19. The predicted molar refractivity (Wildman–Crippen MR) is 113 cm³/mol. The molecule has 1 aliphatic rings. The summed E-state index contributed by atoms with van der Waals surface area (Å²) in [6.45, 7) is 6.81. The number of pyridine rings is 1. The average molecular weight is 467 g/mol. The van der Waals surface area contributed by atoms with Crippen LogP contribution in [0.2, 0.25) is 0 Å². The molecule has 33 heavy (non-hydrogen) atoms. The summed E-state index contributed by atoms with van der Waals surface area (Å²) < 4.78 is 23.5. The van der Waals surface area contributed by atoms with E-state index in [4.69, 9.17) is 18.9 Å². The standard InChI is InChI=1S/C23H31NO9/c1-5-17(6-2)32-20(27)10-9-19(26)30-13-18-14(3)21(31-15(4)25)22(33-18)24-11-7-8-16(12-24)23(28)29/h7-8,11-12,14,17-18,21-22H,5-6,9-10,13H2,1-4H3/p+1/t14-,18-,21?,22-/m1/s1. The molecule has 2 rings (SSSR count).